The van der Waals surface area contributed by atoms with Crippen molar-refractivity contribution in [1.82, 2.24) is 8.87 Å². The van der Waals surface area contributed by atoms with Crippen LogP contribution >= 0.6 is 0 Å². The van der Waals surface area contributed by atoms with E-state index in [2.05, 4.69) is 15.9 Å². The normalized spacial score (nSPS) is 18.6. The molecule has 0 bridgehead atoms. The molecule has 2 fully saturated rings. The van der Waals surface area contributed by atoms with Crippen LogP contribution in [0.5, 0.6) is 0 Å². The third-order valence-electron chi connectivity index (χ3n) is 5.88. The second-order valence-electron chi connectivity index (χ2n) is 7.88. The maximum absolute atomic E-state index is 13.3. The number of hydrogen-bond acceptors (Lipinski definition) is 4. The van der Waals surface area contributed by atoms with Crippen molar-refractivity contribution in [1.29, 1.82) is 0 Å². The molecule has 0 unspecified atom stereocenters. The highest BCUT2D eigenvalue weighted by Crippen LogP contribution is 2.33. The van der Waals surface area contributed by atoms with Gasteiger partial charge in [0.2, 0.25) is 0 Å². The highest BCUT2D eigenvalue weighted by atomic mass is 32.2. The van der Waals surface area contributed by atoms with Crippen molar-refractivity contribution in [3.05, 3.63) is 60.8 Å². The van der Waals surface area contributed by atoms with Crippen LogP contribution in [0.3, 0.4) is 0 Å². The van der Waals surface area contributed by atoms with Gasteiger partial charge in [0.25, 0.3) is 10.0 Å². The lowest BCUT2D eigenvalue weighted by atomic mass is 10.2. The van der Waals surface area contributed by atoms with Gasteiger partial charge in [0.1, 0.15) is 0 Å². The number of fused-ring (bicyclic) bond motifs is 1. The predicted octanol–water partition coefficient (Wildman–Crippen LogP) is 3.41. The molecule has 1 aliphatic carbocycles. The van der Waals surface area contributed by atoms with E-state index in [0.29, 0.717) is 4.90 Å². The zero-order valence-electron chi connectivity index (χ0n) is 15.9. The van der Waals surface area contributed by atoms with Gasteiger partial charge < -0.3 is 4.90 Å². The molecule has 5 nitrogen and oxygen atoms in total. The summed E-state index contributed by atoms with van der Waals surface area (Å²) in [6.45, 7) is 5.17. The summed E-state index contributed by atoms with van der Waals surface area (Å²) in [6.07, 6.45) is 4.44. The van der Waals surface area contributed by atoms with Gasteiger partial charge in [-0.25, -0.2) is 12.4 Å². The van der Waals surface area contributed by atoms with Crippen molar-refractivity contribution >= 4 is 26.6 Å². The van der Waals surface area contributed by atoms with Crippen LogP contribution in [0.2, 0.25) is 0 Å². The minimum absolute atomic E-state index is 0.316. The summed E-state index contributed by atoms with van der Waals surface area (Å²) in [5.41, 5.74) is 1.79. The lowest BCUT2D eigenvalue weighted by Crippen LogP contribution is -2.47. The number of rotatable bonds is 5. The van der Waals surface area contributed by atoms with E-state index in [1.54, 1.807) is 30.5 Å². The quantitative estimate of drug-likeness (QED) is 0.664. The smallest absolute Gasteiger partial charge is 0.268 e. The second-order valence-corrected chi connectivity index (χ2v) is 9.69. The summed E-state index contributed by atoms with van der Waals surface area (Å²) in [7, 11) is -3.62. The SMILES string of the molecule is O=S(=O)(c1ccccc1)n1ccc2cccc(N3CCN(CC4CC4)CC3)c21. The van der Waals surface area contributed by atoms with E-state index in [0.717, 1.165) is 48.7 Å². The van der Waals surface area contributed by atoms with Crippen molar-refractivity contribution in [3.63, 3.8) is 0 Å². The molecule has 1 saturated carbocycles. The Balaban J connectivity index is 1.50. The third kappa shape index (κ3) is 3.20. The van der Waals surface area contributed by atoms with E-state index in [1.807, 2.05) is 24.3 Å². The van der Waals surface area contributed by atoms with Crippen LogP contribution < -0.4 is 4.90 Å². The van der Waals surface area contributed by atoms with Crippen LogP contribution in [-0.4, -0.2) is 50.0 Å². The summed E-state index contributed by atoms with van der Waals surface area (Å²) < 4.78 is 28.0. The van der Waals surface area contributed by atoms with E-state index < -0.39 is 10.0 Å². The van der Waals surface area contributed by atoms with Crippen LogP contribution in [0.25, 0.3) is 10.9 Å². The number of aromatic nitrogens is 1. The predicted molar refractivity (Wildman–Crippen MR) is 112 cm³/mol. The maximum Gasteiger partial charge on any atom is 0.268 e. The number of nitrogens with zero attached hydrogens (tertiary/aromatic N) is 3. The molecule has 0 amide bonds. The Kier molecular flexibility index (Phi) is 4.40. The van der Waals surface area contributed by atoms with Crippen molar-refractivity contribution in [2.75, 3.05) is 37.6 Å². The van der Waals surface area contributed by atoms with Gasteiger partial charge in [0, 0.05) is 44.3 Å². The molecular weight excluding hydrogens is 370 g/mol. The molecule has 1 aliphatic heterocycles. The van der Waals surface area contributed by atoms with Crippen molar-refractivity contribution in [3.8, 4) is 0 Å². The van der Waals surface area contributed by atoms with E-state index in [4.69, 9.17) is 0 Å². The monoisotopic (exact) mass is 395 g/mol. The van der Waals surface area contributed by atoms with Crippen molar-refractivity contribution < 1.29 is 8.42 Å². The lowest BCUT2D eigenvalue weighted by molar-refractivity contribution is 0.248. The average molecular weight is 396 g/mol. The molecule has 0 N–H and O–H groups in total. The summed E-state index contributed by atoms with van der Waals surface area (Å²) in [6, 6.07) is 16.6. The molecule has 0 spiro atoms. The number of para-hydroxylation sites is 1. The van der Waals surface area contributed by atoms with Crippen molar-refractivity contribution in [2.24, 2.45) is 5.92 Å². The van der Waals surface area contributed by atoms with Crippen LogP contribution in [0.15, 0.2) is 65.7 Å². The van der Waals surface area contributed by atoms with Gasteiger partial charge in [-0.05, 0) is 43.0 Å². The molecule has 1 saturated heterocycles. The van der Waals surface area contributed by atoms with Gasteiger partial charge >= 0.3 is 0 Å². The molecule has 2 heterocycles. The fourth-order valence-corrected chi connectivity index (χ4v) is 5.53. The molecule has 1 aromatic heterocycles. The molecule has 2 aliphatic rings. The molecule has 0 radical (unpaired) electrons. The van der Waals surface area contributed by atoms with E-state index >= 15 is 0 Å². The topological polar surface area (TPSA) is 45.6 Å². The van der Waals surface area contributed by atoms with Gasteiger partial charge in [0.05, 0.1) is 16.1 Å². The van der Waals surface area contributed by atoms with Gasteiger partial charge in [-0.15, -0.1) is 0 Å². The van der Waals surface area contributed by atoms with Gasteiger partial charge in [-0.3, -0.25) is 4.90 Å². The number of piperazine rings is 1. The first-order valence-corrected chi connectivity index (χ1v) is 11.4. The molecular formula is C22H25N3O2S. The first-order chi connectivity index (χ1) is 13.6. The lowest BCUT2D eigenvalue weighted by Gasteiger charge is -2.36. The van der Waals surface area contributed by atoms with Crippen molar-refractivity contribution in [2.45, 2.75) is 17.7 Å². The molecule has 5 rings (SSSR count). The van der Waals surface area contributed by atoms with E-state index in [9.17, 15) is 8.42 Å². The minimum Gasteiger partial charge on any atom is -0.367 e. The molecule has 3 aromatic rings. The zero-order chi connectivity index (χ0) is 19.1. The average Bonchev–Trinajstić information content (AvgIpc) is 3.43. The fourth-order valence-electron chi connectivity index (χ4n) is 4.14. The van der Waals surface area contributed by atoms with Crippen LogP contribution in [-0.2, 0) is 10.0 Å². The fraction of sp³-hybridized carbons (Fsp3) is 0.364. The minimum atomic E-state index is -3.62. The Morgan fingerprint density at radius 3 is 2.32 bits per heavy atom. The Hall–Kier alpha value is -2.31. The standard InChI is InChI=1S/C22H25N3O2S/c26-28(27,20-6-2-1-3-7-20)25-12-11-19-5-4-8-21(22(19)25)24-15-13-23(14-16-24)17-18-9-10-18/h1-8,11-12,18H,9-10,13-17H2. The van der Waals surface area contributed by atoms with Gasteiger partial charge in [-0.1, -0.05) is 30.3 Å². The van der Waals surface area contributed by atoms with E-state index in [1.165, 1.54) is 23.4 Å². The second kappa shape index (κ2) is 6.94. The largest absolute Gasteiger partial charge is 0.367 e. The third-order valence-corrected chi connectivity index (χ3v) is 7.57. The summed E-state index contributed by atoms with van der Waals surface area (Å²) in [5, 5.41) is 0.956. The number of benzene rings is 2. The Morgan fingerprint density at radius 1 is 0.857 bits per heavy atom. The Morgan fingerprint density at radius 2 is 1.61 bits per heavy atom. The summed E-state index contributed by atoms with van der Waals surface area (Å²) >= 11 is 0. The maximum atomic E-state index is 13.3. The van der Waals surface area contributed by atoms with Gasteiger partial charge in [0.15, 0.2) is 0 Å². The van der Waals surface area contributed by atoms with Crippen LogP contribution in [0.4, 0.5) is 5.69 Å². The first kappa shape index (κ1) is 17.8. The van der Waals surface area contributed by atoms with Crippen LogP contribution in [0.1, 0.15) is 12.8 Å². The van der Waals surface area contributed by atoms with E-state index in [-0.39, 0.29) is 0 Å². The number of hydrogen-bond donors (Lipinski definition) is 0. The molecule has 28 heavy (non-hydrogen) atoms. The summed E-state index contributed by atoms with van der Waals surface area (Å²) in [4.78, 5) is 5.20. The molecule has 146 valence electrons. The Labute approximate surface area is 166 Å². The summed E-state index contributed by atoms with van der Waals surface area (Å²) in [5.74, 6) is 0.906. The highest BCUT2D eigenvalue weighted by Gasteiger charge is 2.28. The zero-order valence-corrected chi connectivity index (χ0v) is 16.7. The van der Waals surface area contributed by atoms with Gasteiger partial charge in [-0.2, -0.15) is 0 Å². The molecule has 6 heteroatoms. The number of anilines is 1. The van der Waals surface area contributed by atoms with Crippen LogP contribution in [0, 0.1) is 5.92 Å². The molecule has 0 atom stereocenters. The molecule has 2 aromatic carbocycles. The first-order valence-electron chi connectivity index (χ1n) is 10.0. The highest BCUT2D eigenvalue weighted by molar-refractivity contribution is 7.90. The Bertz CT molecular complexity index is 1080.